The highest BCUT2D eigenvalue weighted by molar-refractivity contribution is 5.99. The van der Waals surface area contributed by atoms with Gasteiger partial charge in [0.1, 0.15) is 0 Å². The summed E-state index contributed by atoms with van der Waals surface area (Å²) in [5, 5.41) is 1.76. The normalized spacial score (nSPS) is 23.4. The molecule has 2 aromatic heterocycles. The van der Waals surface area contributed by atoms with Crippen molar-refractivity contribution in [2.24, 2.45) is 0 Å². The first-order valence-electron chi connectivity index (χ1n) is 6.81. The molecule has 2 heterocycles. The van der Waals surface area contributed by atoms with Crippen molar-refractivity contribution < 1.29 is 0 Å². The zero-order valence-electron chi connectivity index (χ0n) is 10.5. The molecular weight excluding hydrogens is 236 g/mol. The summed E-state index contributed by atoms with van der Waals surface area (Å²) in [6, 6.07) is 7.89. The van der Waals surface area contributed by atoms with Crippen LogP contribution in [-0.2, 0) is 0 Å². The second-order valence-corrected chi connectivity index (χ2v) is 5.35. The van der Waals surface area contributed by atoms with Gasteiger partial charge in [-0.15, -0.1) is 0 Å². The lowest BCUT2D eigenvalue weighted by molar-refractivity contribution is 0.598. The number of pyridine rings is 2. The van der Waals surface area contributed by atoms with Crippen LogP contribution in [0.25, 0.3) is 10.8 Å². The van der Waals surface area contributed by atoms with E-state index in [9.17, 15) is 4.79 Å². The number of rotatable bonds is 2. The second-order valence-electron chi connectivity index (χ2n) is 5.35. The highest BCUT2D eigenvalue weighted by Gasteiger charge is 2.34. The van der Waals surface area contributed by atoms with Crippen LogP contribution in [0.5, 0.6) is 0 Å². The molecule has 1 aliphatic carbocycles. The fourth-order valence-electron chi connectivity index (χ4n) is 3.37. The van der Waals surface area contributed by atoms with Crippen LogP contribution in [-0.4, -0.2) is 9.97 Å². The molecule has 2 unspecified atom stereocenters. The van der Waals surface area contributed by atoms with E-state index in [0.717, 1.165) is 35.0 Å². The van der Waals surface area contributed by atoms with Gasteiger partial charge in [0.25, 0.3) is 0 Å². The van der Waals surface area contributed by atoms with Crippen molar-refractivity contribution in [3.05, 3.63) is 58.3 Å². The van der Waals surface area contributed by atoms with Gasteiger partial charge in [0.2, 0.25) is 0 Å². The molecule has 0 N–H and O–H groups in total. The molecule has 0 radical (unpaired) electrons. The average molecular weight is 250 g/mol. The van der Waals surface area contributed by atoms with Crippen LogP contribution >= 0.6 is 0 Å². The third kappa shape index (κ3) is 1.61. The Morgan fingerprint density at radius 2 is 1.89 bits per heavy atom. The zero-order valence-corrected chi connectivity index (χ0v) is 10.5. The van der Waals surface area contributed by atoms with Gasteiger partial charge < -0.3 is 0 Å². The van der Waals surface area contributed by atoms with Gasteiger partial charge in [0, 0.05) is 35.3 Å². The van der Waals surface area contributed by atoms with Crippen molar-refractivity contribution in [3.8, 4) is 0 Å². The first kappa shape index (κ1) is 10.9. The predicted molar refractivity (Wildman–Crippen MR) is 74.0 cm³/mol. The van der Waals surface area contributed by atoms with Gasteiger partial charge in [0.15, 0.2) is 5.43 Å². The topological polar surface area (TPSA) is 42.9 Å². The Labute approximate surface area is 111 Å². The predicted octanol–water partition coefficient (Wildman–Crippen LogP) is 2.92. The Morgan fingerprint density at radius 3 is 2.74 bits per heavy atom. The zero-order chi connectivity index (χ0) is 12.8. The Bertz CT molecular complexity index is 740. The summed E-state index contributed by atoms with van der Waals surface area (Å²) in [4.78, 5) is 20.7. The molecule has 94 valence electrons. The maximum atomic E-state index is 11.7. The van der Waals surface area contributed by atoms with Crippen LogP contribution in [0.1, 0.15) is 42.5 Å². The second kappa shape index (κ2) is 3.98. The monoisotopic (exact) mass is 250 g/mol. The lowest BCUT2D eigenvalue weighted by Crippen LogP contribution is -2.07. The van der Waals surface area contributed by atoms with Gasteiger partial charge >= 0.3 is 0 Å². The van der Waals surface area contributed by atoms with Crippen LogP contribution in [0.2, 0.25) is 0 Å². The fourth-order valence-corrected chi connectivity index (χ4v) is 3.37. The number of fused-ring (bicyclic) bond motifs is 1. The highest BCUT2D eigenvalue weighted by atomic mass is 16.1. The van der Waals surface area contributed by atoms with E-state index in [1.165, 1.54) is 6.42 Å². The maximum absolute atomic E-state index is 11.7. The molecule has 0 saturated heterocycles. The van der Waals surface area contributed by atoms with Crippen molar-refractivity contribution in [1.29, 1.82) is 0 Å². The Hall–Kier alpha value is -2.03. The van der Waals surface area contributed by atoms with Gasteiger partial charge in [0.05, 0.1) is 11.1 Å². The molecule has 0 bridgehead atoms. The van der Waals surface area contributed by atoms with E-state index in [-0.39, 0.29) is 5.43 Å². The van der Waals surface area contributed by atoms with Crippen molar-refractivity contribution in [1.82, 2.24) is 9.97 Å². The van der Waals surface area contributed by atoms with Crippen molar-refractivity contribution >= 4 is 10.8 Å². The first-order valence-corrected chi connectivity index (χ1v) is 6.81. The van der Waals surface area contributed by atoms with Crippen LogP contribution < -0.4 is 5.43 Å². The van der Waals surface area contributed by atoms with E-state index in [1.807, 2.05) is 24.4 Å². The fraction of sp³-hybridized carbons (Fsp3) is 0.312. The minimum atomic E-state index is 0.194. The summed E-state index contributed by atoms with van der Waals surface area (Å²) in [6.45, 7) is 0. The third-order valence-corrected chi connectivity index (χ3v) is 4.32. The molecule has 1 aliphatic rings. The lowest BCUT2D eigenvalue weighted by Gasteiger charge is -2.18. The van der Waals surface area contributed by atoms with Crippen molar-refractivity contribution in [2.75, 3.05) is 0 Å². The quantitative estimate of drug-likeness (QED) is 0.702. The standard InChI is InChI=1S/C16H14N2O/c19-16-12-7-9-18-15(14(12)16)11-5-3-4-10(11)13-6-1-2-8-17-13/h1-2,6-11H,3-5H2. The molecule has 3 heteroatoms. The van der Waals surface area contributed by atoms with Crippen LogP contribution in [0.15, 0.2) is 41.5 Å². The average Bonchev–Trinajstić information content (AvgIpc) is 2.92. The van der Waals surface area contributed by atoms with E-state index in [1.54, 1.807) is 6.20 Å². The lowest BCUT2D eigenvalue weighted by atomic mass is 9.89. The summed E-state index contributed by atoms with van der Waals surface area (Å²) in [7, 11) is 0. The molecule has 0 spiro atoms. The Kier molecular flexibility index (Phi) is 2.28. The van der Waals surface area contributed by atoms with Gasteiger partial charge in [-0.2, -0.15) is 0 Å². The highest BCUT2D eigenvalue weighted by Crippen LogP contribution is 2.46. The van der Waals surface area contributed by atoms with Crippen molar-refractivity contribution in [2.45, 2.75) is 31.1 Å². The van der Waals surface area contributed by atoms with Gasteiger partial charge in [-0.25, -0.2) is 0 Å². The Morgan fingerprint density at radius 1 is 1.00 bits per heavy atom. The molecule has 19 heavy (non-hydrogen) atoms. The summed E-state index contributed by atoms with van der Waals surface area (Å²) >= 11 is 0. The van der Waals surface area contributed by atoms with Crippen molar-refractivity contribution in [3.63, 3.8) is 0 Å². The van der Waals surface area contributed by atoms with Crippen LogP contribution in [0.3, 0.4) is 0 Å². The molecular formula is C16H14N2O. The number of aromatic nitrogens is 2. The van der Waals surface area contributed by atoms with Gasteiger partial charge in [-0.3, -0.25) is 14.8 Å². The van der Waals surface area contributed by atoms with Crippen LogP contribution in [0.4, 0.5) is 0 Å². The summed E-state index contributed by atoms with van der Waals surface area (Å²) in [6.07, 6.45) is 7.05. The number of hydrogen-bond acceptors (Lipinski definition) is 3. The minimum absolute atomic E-state index is 0.194. The SMILES string of the molecule is O=c1c2ccnc(C3CCCC3c3ccccn3)c12. The largest absolute Gasteiger partial charge is 0.288 e. The third-order valence-electron chi connectivity index (χ3n) is 4.32. The van der Waals surface area contributed by atoms with E-state index >= 15 is 0 Å². The molecule has 3 aromatic rings. The maximum Gasteiger partial charge on any atom is 0.196 e. The molecule has 1 aromatic carbocycles. The summed E-state index contributed by atoms with van der Waals surface area (Å²) in [5.74, 6) is 0.768. The molecule has 2 atom stereocenters. The molecule has 0 aliphatic heterocycles. The molecule has 1 fully saturated rings. The number of nitrogens with zero attached hydrogens (tertiary/aromatic N) is 2. The van der Waals surface area contributed by atoms with Crippen LogP contribution in [0, 0.1) is 0 Å². The minimum Gasteiger partial charge on any atom is -0.288 e. The smallest absolute Gasteiger partial charge is 0.196 e. The molecule has 4 rings (SSSR count). The first-order chi connectivity index (χ1) is 9.36. The van der Waals surface area contributed by atoms with E-state index in [0.29, 0.717) is 11.8 Å². The van der Waals surface area contributed by atoms with E-state index < -0.39 is 0 Å². The van der Waals surface area contributed by atoms with E-state index in [2.05, 4.69) is 16.0 Å². The van der Waals surface area contributed by atoms with E-state index in [4.69, 9.17) is 0 Å². The Balaban J connectivity index is 1.77. The molecule has 3 nitrogen and oxygen atoms in total. The number of hydrogen-bond donors (Lipinski definition) is 0. The van der Waals surface area contributed by atoms with Gasteiger partial charge in [-0.1, -0.05) is 12.5 Å². The molecule has 0 amide bonds. The summed E-state index contributed by atoms with van der Waals surface area (Å²) < 4.78 is 0. The van der Waals surface area contributed by atoms with Gasteiger partial charge in [-0.05, 0) is 31.0 Å². The molecule has 1 saturated carbocycles. The summed E-state index contributed by atoms with van der Waals surface area (Å²) in [5.41, 5.74) is 2.34.